The fourth-order valence-corrected chi connectivity index (χ4v) is 2.98. The smallest absolute Gasteiger partial charge is 0.256 e. The van der Waals surface area contributed by atoms with Gasteiger partial charge in [-0.15, -0.1) is 12.4 Å². The minimum Gasteiger partial charge on any atom is -0.334 e. The van der Waals surface area contributed by atoms with Crippen LogP contribution < -0.4 is 5.73 Å². The van der Waals surface area contributed by atoms with E-state index >= 15 is 0 Å². The first-order valence-electron chi connectivity index (χ1n) is 7.42. The van der Waals surface area contributed by atoms with Crippen LogP contribution in [0.1, 0.15) is 48.4 Å². The molecular weight excluding hydrogens is 288 g/mol. The van der Waals surface area contributed by atoms with Gasteiger partial charge in [-0.1, -0.05) is 13.8 Å². The highest BCUT2D eigenvalue weighted by atomic mass is 35.5. The number of hydrogen-bond donors (Lipinski definition) is 1. The van der Waals surface area contributed by atoms with E-state index < -0.39 is 0 Å². The molecule has 1 fully saturated rings. The second-order valence-electron chi connectivity index (χ2n) is 5.62. The molecule has 118 valence electrons. The van der Waals surface area contributed by atoms with Crippen LogP contribution in [0.15, 0.2) is 6.07 Å². The van der Waals surface area contributed by atoms with E-state index in [1.807, 2.05) is 24.8 Å². The van der Waals surface area contributed by atoms with Gasteiger partial charge in [0.2, 0.25) is 0 Å². The lowest BCUT2D eigenvalue weighted by Gasteiger charge is -2.39. The number of aryl methyl sites for hydroxylation is 2. The van der Waals surface area contributed by atoms with Crippen LogP contribution in [-0.2, 0) is 6.42 Å². The van der Waals surface area contributed by atoms with Crippen molar-refractivity contribution in [2.45, 2.75) is 46.1 Å². The Labute approximate surface area is 132 Å². The summed E-state index contributed by atoms with van der Waals surface area (Å²) >= 11 is 0. The Bertz CT molecular complexity index is 495. The number of carbonyl (C=O) groups excluding carboxylic acids is 1. The molecule has 1 aliphatic heterocycles. The lowest BCUT2D eigenvalue weighted by molar-refractivity contribution is 0.0530. The van der Waals surface area contributed by atoms with Crippen molar-refractivity contribution in [3.63, 3.8) is 0 Å². The van der Waals surface area contributed by atoms with Crippen molar-refractivity contribution in [1.82, 2.24) is 15.1 Å². The third kappa shape index (κ3) is 3.71. The summed E-state index contributed by atoms with van der Waals surface area (Å²) < 4.78 is 0. The molecule has 2 rings (SSSR count). The third-order valence-corrected chi connectivity index (χ3v) is 4.18. The Morgan fingerprint density at radius 1 is 1.48 bits per heavy atom. The number of piperidine rings is 1. The zero-order valence-corrected chi connectivity index (χ0v) is 13.8. The summed E-state index contributed by atoms with van der Waals surface area (Å²) in [5.41, 5.74) is 8.12. The van der Waals surface area contributed by atoms with Crippen LogP contribution >= 0.6 is 12.4 Å². The summed E-state index contributed by atoms with van der Waals surface area (Å²) in [6, 6.07) is 1.98. The van der Waals surface area contributed by atoms with Crippen LogP contribution in [0.4, 0.5) is 0 Å². The highest BCUT2D eigenvalue weighted by Crippen LogP contribution is 2.25. The number of amides is 1. The van der Waals surface area contributed by atoms with E-state index in [1.54, 1.807) is 0 Å². The van der Waals surface area contributed by atoms with E-state index in [0.717, 1.165) is 30.8 Å². The van der Waals surface area contributed by atoms with Gasteiger partial charge in [0.25, 0.3) is 5.91 Å². The van der Waals surface area contributed by atoms with E-state index in [-0.39, 0.29) is 24.4 Å². The molecule has 6 heteroatoms. The molecule has 1 aliphatic rings. The first kappa shape index (κ1) is 17.9. The van der Waals surface area contributed by atoms with Crippen LogP contribution in [-0.4, -0.2) is 40.1 Å². The van der Waals surface area contributed by atoms with Crippen molar-refractivity contribution in [3.05, 3.63) is 23.0 Å². The van der Waals surface area contributed by atoms with E-state index in [0.29, 0.717) is 24.4 Å². The normalized spacial score (nSPS) is 21.8. The van der Waals surface area contributed by atoms with E-state index in [1.165, 1.54) is 0 Å². The molecule has 2 heterocycles. The van der Waals surface area contributed by atoms with Gasteiger partial charge in [0.15, 0.2) is 0 Å². The first-order chi connectivity index (χ1) is 9.58. The minimum atomic E-state index is 0. The summed E-state index contributed by atoms with van der Waals surface area (Å²) in [7, 11) is 0. The average molecular weight is 313 g/mol. The Balaban J connectivity index is 0.00000220. The molecule has 0 saturated carbocycles. The second kappa shape index (κ2) is 7.71. The standard InChI is InChI=1S/C15H24N4O.ClH/c1-4-13-12(8-11(3)17-18-13)15(20)19-7-5-6-10(2)14(19)9-16;/h8,10,14H,4-7,9,16H2,1-3H3;1H. The number of likely N-dealkylation sites (tertiary alicyclic amines) is 1. The Morgan fingerprint density at radius 3 is 2.81 bits per heavy atom. The van der Waals surface area contributed by atoms with E-state index in [4.69, 9.17) is 5.73 Å². The summed E-state index contributed by atoms with van der Waals surface area (Å²) in [5.74, 6) is 0.514. The number of nitrogens with zero attached hydrogens (tertiary/aromatic N) is 3. The molecule has 0 bridgehead atoms. The number of nitrogens with two attached hydrogens (primary N) is 1. The molecule has 1 aromatic rings. The average Bonchev–Trinajstić information content (AvgIpc) is 2.46. The molecule has 2 N–H and O–H groups in total. The van der Waals surface area contributed by atoms with Crippen molar-refractivity contribution in [2.24, 2.45) is 11.7 Å². The largest absolute Gasteiger partial charge is 0.334 e. The molecule has 0 aliphatic carbocycles. The molecule has 21 heavy (non-hydrogen) atoms. The van der Waals surface area contributed by atoms with Crippen LogP contribution in [0.3, 0.4) is 0 Å². The number of rotatable bonds is 3. The fourth-order valence-electron chi connectivity index (χ4n) is 2.98. The fraction of sp³-hybridized carbons (Fsp3) is 0.667. The Kier molecular flexibility index (Phi) is 6.55. The minimum absolute atomic E-state index is 0. The van der Waals surface area contributed by atoms with Crippen LogP contribution in [0.2, 0.25) is 0 Å². The van der Waals surface area contributed by atoms with Gasteiger partial charge >= 0.3 is 0 Å². The maximum atomic E-state index is 12.8. The number of carbonyl (C=O) groups is 1. The molecule has 0 spiro atoms. The molecule has 1 aromatic heterocycles. The summed E-state index contributed by atoms with van der Waals surface area (Å²) in [6.45, 7) is 7.34. The molecule has 1 amide bonds. The van der Waals surface area contributed by atoms with Gasteiger partial charge in [-0.25, -0.2) is 0 Å². The van der Waals surface area contributed by atoms with E-state index in [2.05, 4.69) is 17.1 Å². The molecular formula is C15H25ClN4O. The lowest BCUT2D eigenvalue weighted by atomic mass is 9.90. The zero-order valence-electron chi connectivity index (χ0n) is 13.0. The van der Waals surface area contributed by atoms with Gasteiger partial charge in [-0.05, 0) is 38.2 Å². The monoisotopic (exact) mass is 312 g/mol. The Hall–Kier alpha value is -1.20. The second-order valence-corrected chi connectivity index (χ2v) is 5.62. The topological polar surface area (TPSA) is 72.1 Å². The molecule has 1 saturated heterocycles. The molecule has 0 radical (unpaired) electrons. The summed E-state index contributed by atoms with van der Waals surface area (Å²) in [4.78, 5) is 14.8. The number of aromatic nitrogens is 2. The molecule has 0 aromatic carbocycles. The van der Waals surface area contributed by atoms with Gasteiger partial charge in [0, 0.05) is 19.1 Å². The quantitative estimate of drug-likeness (QED) is 0.926. The van der Waals surface area contributed by atoms with Crippen LogP contribution in [0.25, 0.3) is 0 Å². The maximum Gasteiger partial charge on any atom is 0.256 e. The summed E-state index contributed by atoms with van der Waals surface area (Å²) in [5, 5.41) is 8.20. The van der Waals surface area contributed by atoms with Crippen molar-refractivity contribution in [3.8, 4) is 0 Å². The molecule has 5 nitrogen and oxygen atoms in total. The van der Waals surface area contributed by atoms with Gasteiger partial charge < -0.3 is 10.6 Å². The number of halogens is 1. The number of hydrogen-bond acceptors (Lipinski definition) is 4. The molecule has 2 atom stereocenters. The van der Waals surface area contributed by atoms with Gasteiger partial charge in [-0.2, -0.15) is 10.2 Å². The van der Waals surface area contributed by atoms with E-state index in [9.17, 15) is 4.79 Å². The van der Waals surface area contributed by atoms with Crippen molar-refractivity contribution < 1.29 is 4.79 Å². The van der Waals surface area contributed by atoms with Crippen molar-refractivity contribution in [1.29, 1.82) is 0 Å². The predicted molar refractivity (Wildman–Crippen MR) is 85.7 cm³/mol. The van der Waals surface area contributed by atoms with Gasteiger partial charge in [0.05, 0.1) is 17.0 Å². The van der Waals surface area contributed by atoms with Crippen LogP contribution in [0.5, 0.6) is 0 Å². The Morgan fingerprint density at radius 2 is 2.19 bits per heavy atom. The van der Waals surface area contributed by atoms with Crippen molar-refractivity contribution in [2.75, 3.05) is 13.1 Å². The SMILES string of the molecule is CCc1nnc(C)cc1C(=O)N1CCCC(C)C1CN.Cl. The molecule has 2 unspecified atom stereocenters. The predicted octanol–water partition coefficient (Wildman–Crippen LogP) is 1.97. The lowest BCUT2D eigenvalue weighted by Crippen LogP contribution is -2.51. The maximum absolute atomic E-state index is 12.8. The highest BCUT2D eigenvalue weighted by molar-refractivity contribution is 5.95. The van der Waals surface area contributed by atoms with Crippen LogP contribution in [0, 0.1) is 12.8 Å². The summed E-state index contributed by atoms with van der Waals surface area (Å²) in [6.07, 6.45) is 2.90. The third-order valence-electron chi connectivity index (χ3n) is 4.18. The van der Waals surface area contributed by atoms with Gasteiger partial charge in [0.1, 0.15) is 0 Å². The zero-order chi connectivity index (χ0) is 14.7. The van der Waals surface area contributed by atoms with Gasteiger partial charge in [-0.3, -0.25) is 4.79 Å². The highest BCUT2D eigenvalue weighted by Gasteiger charge is 2.32. The first-order valence-corrected chi connectivity index (χ1v) is 7.42. The van der Waals surface area contributed by atoms with Crippen molar-refractivity contribution >= 4 is 18.3 Å².